The van der Waals surface area contributed by atoms with Crippen LogP contribution in [0.1, 0.15) is 42.9 Å². The Bertz CT molecular complexity index is 730. The fourth-order valence-electron chi connectivity index (χ4n) is 3.58. The molecule has 0 aromatic heterocycles. The molecule has 4 heteroatoms. The molecule has 0 heterocycles. The minimum absolute atomic E-state index is 0.0394. The van der Waals surface area contributed by atoms with E-state index in [2.05, 4.69) is 41.7 Å². The van der Waals surface area contributed by atoms with Gasteiger partial charge < -0.3 is 14.8 Å². The highest BCUT2D eigenvalue weighted by molar-refractivity contribution is 5.71. The van der Waals surface area contributed by atoms with E-state index in [-0.39, 0.29) is 12.6 Å². The van der Waals surface area contributed by atoms with Gasteiger partial charge in [-0.15, -0.1) is 0 Å². The molecular weight excluding hydrogens is 338 g/mol. The molecule has 0 bridgehead atoms. The maximum Gasteiger partial charge on any atom is 0.344 e. The Hall–Kier alpha value is -2.33. The van der Waals surface area contributed by atoms with Crippen molar-refractivity contribution < 1.29 is 14.3 Å². The van der Waals surface area contributed by atoms with Crippen molar-refractivity contribution in [1.29, 1.82) is 0 Å². The molecule has 27 heavy (non-hydrogen) atoms. The van der Waals surface area contributed by atoms with Gasteiger partial charge in [0, 0.05) is 12.6 Å². The molecule has 0 fully saturated rings. The molecule has 0 saturated carbocycles. The van der Waals surface area contributed by atoms with E-state index in [0.29, 0.717) is 12.6 Å². The quantitative estimate of drug-likeness (QED) is 0.750. The smallest absolute Gasteiger partial charge is 0.344 e. The van der Waals surface area contributed by atoms with Crippen LogP contribution in [0.2, 0.25) is 0 Å². The summed E-state index contributed by atoms with van der Waals surface area (Å²) >= 11 is 0. The fourth-order valence-corrected chi connectivity index (χ4v) is 3.58. The predicted octanol–water partition coefficient (Wildman–Crippen LogP) is 4.06. The van der Waals surface area contributed by atoms with Gasteiger partial charge >= 0.3 is 5.97 Å². The lowest BCUT2D eigenvalue weighted by atomic mass is 9.90. The van der Waals surface area contributed by atoms with Crippen molar-refractivity contribution >= 4 is 5.97 Å². The summed E-state index contributed by atoms with van der Waals surface area (Å²) < 4.78 is 10.6. The lowest BCUT2D eigenvalue weighted by Gasteiger charge is -2.24. The topological polar surface area (TPSA) is 47.6 Å². The van der Waals surface area contributed by atoms with E-state index in [1.165, 1.54) is 36.0 Å². The van der Waals surface area contributed by atoms with Crippen LogP contribution in [-0.4, -0.2) is 25.2 Å². The van der Waals surface area contributed by atoms with Crippen LogP contribution < -0.4 is 10.1 Å². The Morgan fingerprint density at radius 3 is 2.78 bits per heavy atom. The summed E-state index contributed by atoms with van der Waals surface area (Å²) in [4.78, 5) is 11.5. The summed E-state index contributed by atoms with van der Waals surface area (Å²) in [6, 6.07) is 17.2. The zero-order valence-corrected chi connectivity index (χ0v) is 16.1. The average molecular weight is 367 g/mol. The van der Waals surface area contributed by atoms with Gasteiger partial charge in [0.1, 0.15) is 5.75 Å². The van der Waals surface area contributed by atoms with Crippen molar-refractivity contribution in [3.8, 4) is 5.75 Å². The van der Waals surface area contributed by atoms with Crippen LogP contribution in [0.5, 0.6) is 5.75 Å². The summed E-state index contributed by atoms with van der Waals surface area (Å²) in [6.07, 6.45) is 5.73. The van der Waals surface area contributed by atoms with Crippen LogP contribution in [0.25, 0.3) is 0 Å². The molecule has 1 N–H and O–H groups in total. The second-order valence-electron chi connectivity index (χ2n) is 7.04. The van der Waals surface area contributed by atoms with E-state index in [4.69, 9.17) is 9.47 Å². The number of nitrogens with one attached hydrogen (secondary N) is 1. The van der Waals surface area contributed by atoms with Crippen molar-refractivity contribution in [3.05, 3.63) is 65.2 Å². The summed E-state index contributed by atoms with van der Waals surface area (Å²) in [6.45, 7) is 3.02. The Labute approximate surface area is 161 Å². The molecule has 144 valence electrons. The first-order valence-corrected chi connectivity index (χ1v) is 9.92. The highest BCUT2D eigenvalue weighted by atomic mass is 16.6. The van der Waals surface area contributed by atoms with E-state index in [0.717, 1.165) is 25.1 Å². The number of fused-ring (bicyclic) bond motifs is 1. The summed E-state index contributed by atoms with van der Waals surface area (Å²) in [5.74, 6) is 0.413. The first-order chi connectivity index (χ1) is 13.2. The maximum absolute atomic E-state index is 11.5. The van der Waals surface area contributed by atoms with Crippen LogP contribution in [0, 0.1) is 0 Å². The van der Waals surface area contributed by atoms with Crippen molar-refractivity contribution in [3.63, 3.8) is 0 Å². The number of carbonyl (C=O) groups is 1. The van der Waals surface area contributed by atoms with Crippen molar-refractivity contribution in [2.75, 3.05) is 13.2 Å². The summed E-state index contributed by atoms with van der Waals surface area (Å²) in [5, 5.41) is 3.72. The molecule has 1 atom stereocenters. The van der Waals surface area contributed by atoms with E-state index in [9.17, 15) is 4.79 Å². The van der Waals surface area contributed by atoms with Gasteiger partial charge in [-0.3, -0.25) is 0 Å². The molecule has 1 unspecified atom stereocenters. The van der Waals surface area contributed by atoms with Gasteiger partial charge in [-0.2, -0.15) is 0 Å². The van der Waals surface area contributed by atoms with E-state index in [1.807, 2.05) is 12.1 Å². The van der Waals surface area contributed by atoms with Crippen LogP contribution in [0.4, 0.5) is 0 Å². The van der Waals surface area contributed by atoms with Gasteiger partial charge in [0.05, 0.1) is 6.61 Å². The molecule has 0 saturated heterocycles. The lowest BCUT2D eigenvalue weighted by Crippen LogP contribution is -2.32. The Kier molecular flexibility index (Phi) is 7.28. The molecule has 1 aliphatic carbocycles. The standard InChI is InChI=1S/C23H29NO3/c1-2-26-23(25)17-27-22-13-12-19-10-6-7-11-21(14-20(19)15-22)24-16-18-8-4-3-5-9-18/h3-5,8-9,12-13,15,21,24H,2,6-7,10-11,14,16-17H2,1H3. The first-order valence-electron chi connectivity index (χ1n) is 9.92. The number of hydrogen-bond donors (Lipinski definition) is 1. The Morgan fingerprint density at radius 1 is 1.11 bits per heavy atom. The summed E-state index contributed by atoms with van der Waals surface area (Å²) in [7, 11) is 0. The van der Waals surface area contributed by atoms with Gasteiger partial charge in [0.15, 0.2) is 6.61 Å². The predicted molar refractivity (Wildman–Crippen MR) is 107 cm³/mol. The molecule has 0 amide bonds. The van der Waals surface area contributed by atoms with E-state index in [1.54, 1.807) is 6.92 Å². The molecule has 1 aliphatic rings. The molecule has 3 rings (SSSR count). The van der Waals surface area contributed by atoms with Gasteiger partial charge in [-0.25, -0.2) is 4.79 Å². The molecule has 4 nitrogen and oxygen atoms in total. The maximum atomic E-state index is 11.5. The third-order valence-electron chi connectivity index (χ3n) is 4.99. The first kappa shape index (κ1) is 19.4. The number of aryl methyl sites for hydroxylation is 1. The second-order valence-corrected chi connectivity index (χ2v) is 7.04. The SMILES string of the molecule is CCOC(=O)COc1ccc2c(c1)CC(NCc1ccccc1)CCCC2. The molecule has 0 aliphatic heterocycles. The third-order valence-corrected chi connectivity index (χ3v) is 4.99. The van der Waals surface area contributed by atoms with Crippen LogP contribution in [0.3, 0.4) is 0 Å². The van der Waals surface area contributed by atoms with Crippen molar-refractivity contribution in [2.24, 2.45) is 0 Å². The van der Waals surface area contributed by atoms with Crippen LogP contribution in [0.15, 0.2) is 48.5 Å². The molecule has 0 radical (unpaired) electrons. The number of esters is 1. The zero-order chi connectivity index (χ0) is 18.9. The minimum atomic E-state index is -0.327. The molecule has 2 aromatic rings. The zero-order valence-electron chi connectivity index (χ0n) is 16.1. The Morgan fingerprint density at radius 2 is 1.96 bits per heavy atom. The van der Waals surface area contributed by atoms with Crippen molar-refractivity contribution in [1.82, 2.24) is 5.32 Å². The van der Waals surface area contributed by atoms with E-state index >= 15 is 0 Å². The number of hydrogen-bond acceptors (Lipinski definition) is 4. The van der Waals surface area contributed by atoms with Gasteiger partial charge in [-0.05, 0) is 61.4 Å². The normalized spacial score (nSPS) is 16.7. The minimum Gasteiger partial charge on any atom is -0.482 e. The lowest BCUT2D eigenvalue weighted by molar-refractivity contribution is -0.145. The second kappa shape index (κ2) is 10.1. The monoisotopic (exact) mass is 367 g/mol. The largest absolute Gasteiger partial charge is 0.482 e. The third kappa shape index (κ3) is 6.10. The fraction of sp³-hybridized carbons (Fsp3) is 0.435. The number of ether oxygens (including phenoxy) is 2. The highest BCUT2D eigenvalue weighted by Crippen LogP contribution is 2.25. The highest BCUT2D eigenvalue weighted by Gasteiger charge is 2.16. The number of carbonyl (C=O) groups excluding carboxylic acids is 1. The van der Waals surface area contributed by atoms with Gasteiger partial charge in [0.2, 0.25) is 0 Å². The van der Waals surface area contributed by atoms with Gasteiger partial charge in [-0.1, -0.05) is 42.8 Å². The molecule has 2 aromatic carbocycles. The van der Waals surface area contributed by atoms with Crippen LogP contribution in [-0.2, 0) is 28.9 Å². The van der Waals surface area contributed by atoms with Crippen molar-refractivity contribution in [2.45, 2.75) is 51.6 Å². The average Bonchev–Trinajstić information content (AvgIpc) is 2.67. The summed E-state index contributed by atoms with van der Waals surface area (Å²) in [5.41, 5.74) is 4.03. The van der Waals surface area contributed by atoms with Gasteiger partial charge in [0.25, 0.3) is 0 Å². The van der Waals surface area contributed by atoms with Crippen LogP contribution >= 0.6 is 0 Å². The molecular formula is C23H29NO3. The number of benzene rings is 2. The molecule has 0 spiro atoms. The van der Waals surface area contributed by atoms with E-state index < -0.39 is 0 Å². The Balaban J connectivity index is 1.63. The number of rotatable bonds is 7.